The molecule has 3 unspecified atom stereocenters. The van der Waals surface area contributed by atoms with Crippen molar-refractivity contribution in [2.24, 2.45) is 11.8 Å². The van der Waals surface area contributed by atoms with Crippen LogP contribution in [0.15, 0.2) is 0 Å². The number of rotatable bonds is 4. The van der Waals surface area contributed by atoms with Crippen LogP contribution in [0.1, 0.15) is 45.4 Å². The highest BCUT2D eigenvalue weighted by atomic mass is 16.5. The molecular formula is C13H25NO. The molecule has 1 heterocycles. The molecule has 0 spiro atoms. The minimum atomic E-state index is 0.777. The molecule has 3 atom stereocenters. The highest BCUT2D eigenvalue weighted by Gasteiger charge is 2.23. The van der Waals surface area contributed by atoms with Gasteiger partial charge in [0, 0.05) is 19.2 Å². The summed E-state index contributed by atoms with van der Waals surface area (Å²) in [5, 5.41) is 3.74. The summed E-state index contributed by atoms with van der Waals surface area (Å²) in [5.74, 6) is 1.77. The van der Waals surface area contributed by atoms with Crippen molar-refractivity contribution < 1.29 is 4.74 Å². The Morgan fingerprint density at radius 3 is 2.80 bits per heavy atom. The third-order valence-corrected chi connectivity index (χ3v) is 4.07. The summed E-state index contributed by atoms with van der Waals surface area (Å²) < 4.78 is 5.50. The van der Waals surface area contributed by atoms with Gasteiger partial charge in [-0.05, 0) is 43.9 Å². The van der Waals surface area contributed by atoms with Crippen molar-refractivity contribution in [1.82, 2.24) is 5.32 Å². The van der Waals surface area contributed by atoms with E-state index in [1.54, 1.807) is 0 Å². The fourth-order valence-electron chi connectivity index (χ4n) is 2.93. The third kappa shape index (κ3) is 3.46. The predicted octanol–water partition coefficient (Wildman–Crippen LogP) is 2.58. The molecule has 2 fully saturated rings. The molecule has 0 aromatic carbocycles. The van der Waals surface area contributed by atoms with Crippen LogP contribution in [0, 0.1) is 11.8 Å². The van der Waals surface area contributed by atoms with Crippen molar-refractivity contribution in [3.8, 4) is 0 Å². The van der Waals surface area contributed by atoms with Crippen LogP contribution in [0.25, 0.3) is 0 Å². The first kappa shape index (κ1) is 11.4. The van der Waals surface area contributed by atoms with Gasteiger partial charge < -0.3 is 10.1 Å². The second-order valence-electron chi connectivity index (χ2n) is 5.28. The van der Waals surface area contributed by atoms with E-state index in [0.29, 0.717) is 0 Å². The lowest BCUT2D eigenvalue weighted by Gasteiger charge is -2.24. The highest BCUT2D eigenvalue weighted by Crippen LogP contribution is 2.28. The summed E-state index contributed by atoms with van der Waals surface area (Å²) in [5.41, 5.74) is 0. The third-order valence-electron chi connectivity index (χ3n) is 4.07. The van der Waals surface area contributed by atoms with E-state index >= 15 is 0 Å². The first-order valence-electron chi connectivity index (χ1n) is 6.69. The maximum Gasteiger partial charge on any atom is 0.0506 e. The van der Waals surface area contributed by atoms with Gasteiger partial charge in [-0.15, -0.1) is 0 Å². The normalized spacial score (nSPS) is 37.0. The van der Waals surface area contributed by atoms with E-state index < -0.39 is 0 Å². The van der Waals surface area contributed by atoms with Crippen LogP contribution in [0.2, 0.25) is 0 Å². The molecule has 0 aromatic rings. The minimum absolute atomic E-state index is 0.777. The summed E-state index contributed by atoms with van der Waals surface area (Å²) in [7, 11) is 0. The summed E-state index contributed by atoms with van der Waals surface area (Å²) >= 11 is 0. The van der Waals surface area contributed by atoms with Gasteiger partial charge in [0.2, 0.25) is 0 Å². The zero-order valence-corrected chi connectivity index (χ0v) is 10.0. The van der Waals surface area contributed by atoms with Crippen LogP contribution < -0.4 is 5.32 Å². The second kappa shape index (κ2) is 5.86. The van der Waals surface area contributed by atoms with Gasteiger partial charge in [-0.2, -0.15) is 0 Å². The fraction of sp³-hybridized carbons (Fsp3) is 1.00. The first-order valence-corrected chi connectivity index (χ1v) is 6.69. The van der Waals surface area contributed by atoms with Crippen LogP contribution in [0.5, 0.6) is 0 Å². The van der Waals surface area contributed by atoms with Gasteiger partial charge in [-0.25, -0.2) is 0 Å². The van der Waals surface area contributed by atoms with Gasteiger partial charge in [0.15, 0.2) is 0 Å². The molecule has 2 rings (SSSR count). The number of hydrogen-bond acceptors (Lipinski definition) is 2. The van der Waals surface area contributed by atoms with Crippen LogP contribution in [-0.2, 0) is 4.74 Å². The Hall–Kier alpha value is -0.0800. The molecule has 0 aromatic heterocycles. The molecular weight excluding hydrogens is 186 g/mol. The molecule has 15 heavy (non-hydrogen) atoms. The molecule has 0 bridgehead atoms. The zero-order chi connectivity index (χ0) is 10.5. The molecule has 1 N–H and O–H groups in total. The molecule has 1 aliphatic heterocycles. The van der Waals surface area contributed by atoms with E-state index in [0.717, 1.165) is 31.1 Å². The Morgan fingerprint density at radius 1 is 1.20 bits per heavy atom. The van der Waals surface area contributed by atoms with Crippen molar-refractivity contribution in [2.75, 3.05) is 19.8 Å². The molecule has 2 aliphatic rings. The number of nitrogens with one attached hydrogen (secondary N) is 1. The average molecular weight is 211 g/mol. The number of hydrogen-bond donors (Lipinski definition) is 1. The van der Waals surface area contributed by atoms with Crippen LogP contribution in [-0.4, -0.2) is 25.8 Å². The molecule has 1 saturated heterocycles. The Balaban J connectivity index is 1.61. The van der Waals surface area contributed by atoms with E-state index in [2.05, 4.69) is 12.2 Å². The second-order valence-corrected chi connectivity index (χ2v) is 5.28. The lowest BCUT2D eigenvalue weighted by molar-refractivity contribution is 0.0538. The summed E-state index contributed by atoms with van der Waals surface area (Å²) in [6, 6.07) is 0.803. The maximum absolute atomic E-state index is 5.50. The maximum atomic E-state index is 5.50. The van der Waals surface area contributed by atoms with E-state index in [4.69, 9.17) is 4.74 Å². The Bertz CT molecular complexity index is 177. The van der Waals surface area contributed by atoms with Crippen molar-refractivity contribution in [2.45, 2.75) is 51.5 Å². The SMILES string of the molecule is CCC1CCC(NCC2CCCOC2)C1. The quantitative estimate of drug-likeness (QED) is 0.771. The molecule has 2 heteroatoms. The monoisotopic (exact) mass is 211 g/mol. The smallest absolute Gasteiger partial charge is 0.0506 e. The van der Waals surface area contributed by atoms with E-state index in [1.165, 1.54) is 45.1 Å². The molecule has 2 nitrogen and oxygen atoms in total. The van der Waals surface area contributed by atoms with Gasteiger partial charge in [0.05, 0.1) is 6.61 Å². The summed E-state index contributed by atoms with van der Waals surface area (Å²) in [4.78, 5) is 0. The molecule has 88 valence electrons. The van der Waals surface area contributed by atoms with Crippen molar-refractivity contribution in [3.63, 3.8) is 0 Å². The van der Waals surface area contributed by atoms with Gasteiger partial charge >= 0.3 is 0 Å². The molecule has 1 saturated carbocycles. The predicted molar refractivity (Wildman–Crippen MR) is 63.0 cm³/mol. The van der Waals surface area contributed by atoms with Crippen LogP contribution in [0.4, 0.5) is 0 Å². The van der Waals surface area contributed by atoms with Crippen molar-refractivity contribution in [1.29, 1.82) is 0 Å². The lowest BCUT2D eigenvalue weighted by Crippen LogP contribution is -2.34. The van der Waals surface area contributed by atoms with E-state index in [-0.39, 0.29) is 0 Å². The fourth-order valence-corrected chi connectivity index (χ4v) is 2.93. The van der Waals surface area contributed by atoms with Crippen molar-refractivity contribution in [3.05, 3.63) is 0 Å². The molecule has 0 radical (unpaired) electrons. The number of ether oxygens (including phenoxy) is 1. The Labute approximate surface area is 93.8 Å². The van der Waals surface area contributed by atoms with Gasteiger partial charge in [-0.3, -0.25) is 0 Å². The summed E-state index contributed by atoms with van der Waals surface area (Å²) in [6.07, 6.45) is 8.22. The molecule has 1 aliphatic carbocycles. The standard InChI is InChI=1S/C13H25NO/c1-2-11-5-6-13(8-11)14-9-12-4-3-7-15-10-12/h11-14H,2-10H2,1H3. The molecule has 0 amide bonds. The van der Waals surface area contributed by atoms with Crippen LogP contribution in [0.3, 0.4) is 0 Å². The Morgan fingerprint density at radius 2 is 2.13 bits per heavy atom. The topological polar surface area (TPSA) is 21.3 Å². The van der Waals surface area contributed by atoms with Gasteiger partial charge in [0.1, 0.15) is 0 Å². The van der Waals surface area contributed by atoms with E-state index in [1.807, 2.05) is 0 Å². The van der Waals surface area contributed by atoms with Gasteiger partial charge in [-0.1, -0.05) is 13.3 Å². The minimum Gasteiger partial charge on any atom is -0.381 e. The Kier molecular flexibility index (Phi) is 4.45. The largest absolute Gasteiger partial charge is 0.381 e. The first-order chi connectivity index (χ1) is 7.38. The van der Waals surface area contributed by atoms with Crippen molar-refractivity contribution >= 4 is 0 Å². The lowest BCUT2D eigenvalue weighted by atomic mass is 10.0. The van der Waals surface area contributed by atoms with E-state index in [9.17, 15) is 0 Å². The van der Waals surface area contributed by atoms with Gasteiger partial charge in [0.25, 0.3) is 0 Å². The highest BCUT2D eigenvalue weighted by molar-refractivity contribution is 4.81. The summed E-state index contributed by atoms with van der Waals surface area (Å²) in [6.45, 7) is 5.47. The average Bonchev–Trinajstić information content (AvgIpc) is 2.76. The van der Waals surface area contributed by atoms with Crippen LogP contribution >= 0.6 is 0 Å². The zero-order valence-electron chi connectivity index (χ0n) is 10.0.